The fourth-order valence-corrected chi connectivity index (χ4v) is 3.62. The van der Waals surface area contributed by atoms with Crippen LogP contribution in [0.1, 0.15) is 65.7 Å². The van der Waals surface area contributed by atoms with E-state index < -0.39 is 0 Å². The predicted molar refractivity (Wildman–Crippen MR) is 121 cm³/mol. The Morgan fingerprint density at radius 3 is 2.64 bits per heavy atom. The molecule has 28 heavy (non-hydrogen) atoms. The lowest BCUT2D eigenvalue weighted by Gasteiger charge is -2.22. The molecule has 158 valence electrons. The number of hydrogen-bond donors (Lipinski definition) is 1. The lowest BCUT2D eigenvalue weighted by Crippen LogP contribution is -2.28. The summed E-state index contributed by atoms with van der Waals surface area (Å²) < 4.78 is 0. The normalized spacial score (nSPS) is 16.0. The fourth-order valence-electron chi connectivity index (χ4n) is 3.62. The van der Waals surface area contributed by atoms with Crippen LogP contribution >= 0.6 is 0 Å². The Labute approximate surface area is 172 Å². The maximum absolute atomic E-state index is 4.74. The molecule has 5 nitrogen and oxygen atoms in total. The van der Waals surface area contributed by atoms with E-state index in [1.807, 2.05) is 12.3 Å². The van der Waals surface area contributed by atoms with Crippen LogP contribution in [0.2, 0.25) is 0 Å². The zero-order valence-corrected chi connectivity index (χ0v) is 18.6. The van der Waals surface area contributed by atoms with E-state index in [0.717, 1.165) is 50.4 Å². The van der Waals surface area contributed by atoms with Crippen molar-refractivity contribution in [3.8, 4) is 0 Å². The van der Waals surface area contributed by atoms with Crippen LogP contribution in [0.25, 0.3) is 0 Å². The van der Waals surface area contributed by atoms with Crippen LogP contribution in [0, 0.1) is 5.92 Å². The van der Waals surface area contributed by atoms with Gasteiger partial charge in [0, 0.05) is 32.4 Å². The molecule has 2 heterocycles. The van der Waals surface area contributed by atoms with Gasteiger partial charge in [0.2, 0.25) is 5.95 Å². The second-order valence-corrected chi connectivity index (χ2v) is 8.62. The highest BCUT2D eigenvalue weighted by Gasteiger charge is 2.12. The number of allylic oxidation sites excluding steroid dienone is 2. The first kappa shape index (κ1) is 22.7. The lowest BCUT2D eigenvalue weighted by molar-refractivity contribution is 0.310. The van der Waals surface area contributed by atoms with Crippen LogP contribution in [0.15, 0.2) is 23.9 Å². The van der Waals surface area contributed by atoms with Crippen molar-refractivity contribution in [3.05, 3.63) is 23.9 Å². The maximum atomic E-state index is 4.74. The highest BCUT2D eigenvalue weighted by molar-refractivity contribution is 5.42. The van der Waals surface area contributed by atoms with Gasteiger partial charge in [-0.2, -0.15) is 4.98 Å². The molecule has 0 aromatic carbocycles. The minimum atomic E-state index is 0.755. The number of aromatic nitrogens is 2. The highest BCUT2D eigenvalue weighted by atomic mass is 15.2. The third-order valence-corrected chi connectivity index (χ3v) is 5.56. The van der Waals surface area contributed by atoms with Crippen molar-refractivity contribution in [1.82, 2.24) is 14.9 Å². The summed E-state index contributed by atoms with van der Waals surface area (Å²) in [6.07, 6.45) is 13.2. The molecule has 5 heteroatoms. The minimum Gasteiger partial charge on any atom is -0.356 e. The summed E-state index contributed by atoms with van der Waals surface area (Å²) in [5.74, 6) is 2.60. The van der Waals surface area contributed by atoms with Crippen LogP contribution < -0.4 is 10.2 Å². The molecule has 1 aromatic rings. The number of rotatable bonds is 11. The van der Waals surface area contributed by atoms with E-state index in [1.165, 1.54) is 50.5 Å². The Hall–Kier alpha value is -1.62. The van der Waals surface area contributed by atoms with Gasteiger partial charge in [-0.05, 0) is 71.5 Å². The average molecular weight is 388 g/mol. The van der Waals surface area contributed by atoms with Crippen molar-refractivity contribution in [3.63, 3.8) is 0 Å². The van der Waals surface area contributed by atoms with Crippen LogP contribution in [0.4, 0.5) is 11.8 Å². The van der Waals surface area contributed by atoms with Gasteiger partial charge in [0.1, 0.15) is 5.82 Å². The second kappa shape index (κ2) is 12.8. The van der Waals surface area contributed by atoms with Gasteiger partial charge in [-0.3, -0.25) is 0 Å². The molecule has 1 saturated heterocycles. The Bertz CT molecular complexity index is 574. The smallest absolute Gasteiger partial charge is 0.224 e. The first-order chi connectivity index (χ1) is 13.5. The summed E-state index contributed by atoms with van der Waals surface area (Å²) in [5.41, 5.74) is 1.43. The quantitative estimate of drug-likeness (QED) is 0.543. The fraction of sp³-hybridized carbons (Fsp3) is 0.739. The summed E-state index contributed by atoms with van der Waals surface area (Å²) >= 11 is 0. The topological polar surface area (TPSA) is 44.3 Å². The van der Waals surface area contributed by atoms with Crippen molar-refractivity contribution in [2.45, 2.75) is 65.7 Å². The van der Waals surface area contributed by atoms with Crippen molar-refractivity contribution in [2.24, 2.45) is 5.92 Å². The van der Waals surface area contributed by atoms with Gasteiger partial charge in [0.15, 0.2) is 0 Å². The van der Waals surface area contributed by atoms with Crippen molar-refractivity contribution in [1.29, 1.82) is 0 Å². The maximum Gasteiger partial charge on any atom is 0.224 e. The number of nitrogens with one attached hydrogen (secondary N) is 1. The van der Waals surface area contributed by atoms with Crippen LogP contribution in [-0.4, -0.2) is 54.6 Å². The van der Waals surface area contributed by atoms with Crippen molar-refractivity contribution < 1.29 is 0 Å². The first-order valence-corrected chi connectivity index (χ1v) is 11.2. The molecule has 1 atom stereocenters. The van der Waals surface area contributed by atoms with E-state index in [0.29, 0.717) is 0 Å². The van der Waals surface area contributed by atoms with E-state index in [-0.39, 0.29) is 0 Å². The molecule has 1 aliphatic heterocycles. The molecule has 0 aliphatic carbocycles. The number of likely N-dealkylation sites (N-methyl/N-ethyl adjacent to an activating group) is 1. The summed E-state index contributed by atoms with van der Waals surface area (Å²) in [5, 5.41) is 3.41. The summed E-state index contributed by atoms with van der Waals surface area (Å²) in [6, 6.07) is 2.04. The molecule has 0 saturated carbocycles. The standard InChI is InChI=1S/C23H41N5/c1-20(2)10-9-11-21(3)13-18-27(4)19-15-25-23-24-14-12-22(26-23)28-16-7-5-6-8-17-28/h10,12,14,21H,5-9,11,13,15-19H2,1-4H3,(H,24,25,26). The van der Waals surface area contributed by atoms with Crippen LogP contribution in [-0.2, 0) is 0 Å². The third-order valence-electron chi connectivity index (χ3n) is 5.56. The molecule has 0 radical (unpaired) electrons. The van der Waals surface area contributed by atoms with Crippen molar-refractivity contribution in [2.75, 3.05) is 50.0 Å². The van der Waals surface area contributed by atoms with E-state index in [4.69, 9.17) is 4.98 Å². The Morgan fingerprint density at radius 2 is 1.93 bits per heavy atom. The first-order valence-electron chi connectivity index (χ1n) is 11.2. The van der Waals surface area contributed by atoms with Gasteiger partial charge >= 0.3 is 0 Å². The van der Waals surface area contributed by atoms with Gasteiger partial charge in [-0.1, -0.05) is 31.4 Å². The molecule has 1 aromatic heterocycles. The monoisotopic (exact) mass is 387 g/mol. The number of nitrogens with zero attached hydrogens (tertiary/aromatic N) is 4. The van der Waals surface area contributed by atoms with Crippen LogP contribution in [0.3, 0.4) is 0 Å². The van der Waals surface area contributed by atoms with Crippen LogP contribution in [0.5, 0.6) is 0 Å². The van der Waals surface area contributed by atoms with Crippen molar-refractivity contribution >= 4 is 11.8 Å². The summed E-state index contributed by atoms with van der Waals surface area (Å²) in [6.45, 7) is 12.0. The second-order valence-electron chi connectivity index (χ2n) is 8.62. The van der Waals surface area contributed by atoms with Gasteiger partial charge in [-0.25, -0.2) is 4.98 Å². The van der Waals surface area contributed by atoms with E-state index in [2.05, 4.69) is 54.0 Å². The lowest BCUT2D eigenvalue weighted by atomic mass is 10.0. The SMILES string of the molecule is CC(C)=CCCC(C)CCN(C)CCNc1nccc(N2CCCCCC2)n1. The highest BCUT2D eigenvalue weighted by Crippen LogP contribution is 2.18. The van der Waals surface area contributed by atoms with E-state index in [9.17, 15) is 0 Å². The molecule has 2 rings (SSSR count). The van der Waals surface area contributed by atoms with E-state index >= 15 is 0 Å². The molecule has 1 unspecified atom stereocenters. The van der Waals surface area contributed by atoms with Gasteiger partial charge in [-0.15, -0.1) is 0 Å². The molecule has 0 spiro atoms. The Morgan fingerprint density at radius 1 is 1.18 bits per heavy atom. The summed E-state index contributed by atoms with van der Waals surface area (Å²) in [7, 11) is 2.21. The number of hydrogen-bond acceptors (Lipinski definition) is 5. The van der Waals surface area contributed by atoms with Gasteiger partial charge in [0.05, 0.1) is 0 Å². The zero-order chi connectivity index (χ0) is 20.2. The molecular formula is C23H41N5. The molecule has 1 N–H and O–H groups in total. The van der Waals surface area contributed by atoms with E-state index in [1.54, 1.807) is 0 Å². The zero-order valence-electron chi connectivity index (χ0n) is 18.6. The number of anilines is 2. The third kappa shape index (κ3) is 9.05. The molecule has 1 aliphatic rings. The molecule has 0 bridgehead atoms. The largest absolute Gasteiger partial charge is 0.356 e. The Kier molecular flexibility index (Phi) is 10.3. The average Bonchev–Trinajstić information content (AvgIpc) is 2.96. The predicted octanol–water partition coefficient (Wildman–Crippen LogP) is 4.97. The summed E-state index contributed by atoms with van der Waals surface area (Å²) in [4.78, 5) is 14.0. The van der Waals surface area contributed by atoms with Gasteiger partial charge < -0.3 is 15.1 Å². The molecule has 0 amide bonds. The minimum absolute atomic E-state index is 0.755. The molecular weight excluding hydrogens is 346 g/mol. The van der Waals surface area contributed by atoms with Gasteiger partial charge in [0.25, 0.3) is 0 Å². The Balaban J connectivity index is 1.66. The molecule has 1 fully saturated rings.